The first-order valence-electron chi connectivity index (χ1n) is 15.2. The average molecular weight is 613 g/mol. The first-order valence-corrected chi connectivity index (χ1v) is 16.0. The number of para-hydroxylation sites is 1. The van der Waals surface area contributed by atoms with Crippen LogP contribution in [0.5, 0.6) is 11.5 Å². The minimum Gasteiger partial charge on any atom is -0.454 e. The number of amides is 2. The van der Waals surface area contributed by atoms with Crippen molar-refractivity contribution in [2.24, 2.45) is 11.8 Å². The molecule has 2 N–H and O–H groups in total. The Morgan fingerprint density at radius 2 is 1.73 bits per heavy atom. The molecule has 1 fully saturated rings. The van der Waals surface area contributed by atoms with Crippen LogP contribution in [0, 0.1) is 11.8 Å². The average Bonchev–Trinajstić information content (AvgIpc) is 3.53. The highest BCUT2D eigenvalue weighted by Crippen LogP contribution is 2.35. The third kappa shape index (κ3) is 6.75. The summed E-state index contributed by atoms with van der Waals surface area (Å²) < 4.78 is 12.6. The largest absolute Gasteiger partial charge is 0.454 e. The van der Waals surface area contributed by atoms with Gasteiger partial charge in [-0.15, -0.1) is 0 Å². The van der Waals surface area contributed by atoms with Gasteiger partial charge in [0.2, 0.25) is 18.6 Å². The molecule has 6 rings (SSSR count). The minimum atomic E-state index is -0.469. The van der Waals surface area contributed by atoms with Crippen LogP contribution in [0.3, 0.4) is 0 Å². The molecular weight excluding hydrogens is 576 g/mol. The summed E-state index contributed by atoms with van der Waals surface area (Å²) in [5.41, 5.74) is 2.21. The van der Waals surface area contributed by atoms with Gasteiger partial charge in [0.15, 0.2) is 16.7 Å². The van der Waals surface area contributed by atoms with Crippen LogP contribution in [0.25, 0.3) is 10.9 Å². The number of nitrogens with one attached hydrogen (secondary N) is 2. The highest BCUT2D eigenvalue weighted by Gasteiger charge is 2.29. The van der Waals surface area contributed by atoms with Gasteiger partial charge in [0.25, 0.3) is 5.56 Å². The number of carbonyl (C=O) groups is 2. The summed E-state index contributed by atoms with van der Waals surface area (Å²) in [6.07, 6.45) is 3.79. The number of anilines is 1. The lowest BCUT2D eigenvalue weighted by Gasteiger charge is -2.29. The van der Waals surface area contributed by atoms with Crippen molar-refractivity contribution in [3.05, 3.63) is 88.7 Å². The van der Waals surface area contributed by atoms with E-state index in [9.17, 15) is 14.4 Å². The maximum absolute atomic E-state index is 13.8. The third-order valence-electron chi connectivity index (χ3n) is 8.35. The summed E-state index contributed by atoms with van der Waals surface area (Å²) in [7, 11) is 0. The van der Waals surface area contributed by atoms with Crippen LogP contribution < -0.4 is 25.7 Å². The molecule has 2 aliphatic rings. The highest BCUT2D eigenvalue weighted by atomic mass is 32.2. The maximum atomic E-state index is 13.8. The maximum Gasteiger partial charge on any atom is 0.262 e. The zero-order chi connectivity index (χ0) is 30.5. The lowest BCUT2D eigenvalue weighted by atomic mass is 9.81. The standard InChI is InChI=1S/C34H36N4O5S/c1-2-30(32(40)36-25-16-17-28-29(18-25)43-21-42-28)44-34-37-27-11-7-6-10-26(27)33(41)38(34)20-23-12-14-24(15-13-23)31(39)35-19-22-8-4-3-5-9-22/h3-11,16-18,23-24,30H,2,12-15,19-21H2,1H3,(H,35,39)(H,36,40)/t23?,24?,30-/m0/s1. The molecule has 0 radical (unpaired) electrons. The van der Waals surface area contributed by atoms with Crippen molar-refractivity contribution in [1.29, 1.82) is 0 Å². The molecule has 0 unspecified atom stereocenters. The fourth-order valence-electron chi connectivity index (χ4n) is 5.84. The number of nitrogens with zero attached hydrogens (tertiary/aromatic N) is 2. The lowest BCUT2D eigenvalue weighted by molar-refractivity contribution is -0.126. The van der Waals surface area contributed by atoms with Gasteiger partial charge in [0, 0.05) is 30.8 Å². The zero-order valence-corrected chi connectivity index (χ0v) is 25.5. The van der Waals surface area contributed by atoms with Crippen molar-refractivity contribution in [2.45, 2.75) is 62.5 Å². The number of fused-ring (bicyclic) bond motifs is 2. The number of hydrogen-bond acceptors (Lipinski definition) is 7. The van der Waals surface area contributed by atoms with Crippen molar-refractivity contribution in [1.82, 2.24) is 14.9 Å². The van der Waals surface area contributed by atoms with Crippen molar-refractivity contribution >= 4 is 40.2 Å². The summed E-state index contributed by atoms with van der Waals surface area (Å²) in [5, 5.41) is 6.69. The van der Waals surface area contributed by atoms with E-state index in [-0.39, 0.29) is 36.0 Å². The molecule has 44 heavy (non-hydrogen) atoms. The molecule has 10 heteroatoms. The van der Waals surface area contributed by atoms with Crippen molar-refractivity contribution in [3.63, 3.8) is 0 Å². The number of carbonyl (C=O) groups excluding carboxylic acids is 2. The molecule has 1 aliphatic carbocycles. The van der Waals surface area contributed by atoms with Crippen LogP contribution in [0.15, 0.2) is 82.7 Å². The quantitative estimate of drug-likeness (QED) is 0.173. The summed E-state index contributed by atoms with van der Waals surface area (Å²) >= 11 is 1.32. The number of ether oxygens (including phenoxy) is 2. The van der Waals surface area contributed by atoms with Crippen molar-refractivity contribution in [3.8, 4) is 11.5 Å². The predicted molar refractivity (Wildman–Crippen MR) is 171 cm³/mol. The van der Waals surface area contributed by atoms with Gasteiger partial charge in [-0.2, -0.15) is 0 Å². The number of rotatable bonds is 10. The SMILES string of the molecule is CC[C@H](Sc1nc2ccccc2c(=O)n1CC1CCC(C(=O)NCc2ccccc2)CC1)C(=O)Nc1ccc2c(c1)OCO2. The second-order valence-electron chi connectivity index (χ2n) is 11.3. The Balaban J connectivity index is 1.14. The van der Waals surface area contributed by atoms with E-state index in [1.54, 1.807) is 28.8 Å². The Hall–Kier alpha value is -4.31. The molecule has 228 valence electrons. The van der Waals surface area contributed by atoms with Gasteiger partial charge >= 0.3 is 0 Å². The molecule has 1 aromatic heterocycles. The number of thioether (sulfide) groups is 1. The second kappa shape index (κ2) is 13.5. The van der Waals surface area contributed by atoms with E-state index in [0.717, 1.165) is 31.2 Å². The van der Waals surface area contributed by atoms with Crippen LogP contribution in [0.4, 0.5) is 5.69 Å². The summed E-state index contributed by atoms with van der Waals surface area (Å²) in [5.74, 6) is 1.36. The fourth-order valence-corrected chi connectivity index (χ4v) is 6.86. The topological polar surface area (TPSA) is 112 Å². The Kier molecular flexibility index (Phi) is 9.16. The predicted octanol–water partition coefficient (Wildman–Crippen LogP) is 5.76. The van der Waals surface area contributed by atoms with Gasteiger partial charge in [-0.05, 0) is 67.9 Å². The van der Waals surface area contributed by atoms with Gasteiger partial charge in [-0.25, -0.2) is 4.98 Å². The van der Waals surface area contributed by atoms with E-state index >= 15 is 0 Å². The fraction of sp³-hybridized carbons (Fsp3) is 0.353. The van der Waals surface area contributed by atoms with Crippen LogP contribution in [0.2, 0.25) is 0 Å². The monoisotopic (exact) mass is 612 g/mol. The van der Waals surface area contributed by atoms with Gasteiger partial charge in [-0.1, -0.05) is 61.2 Å². The second-order valence-corrected chi connectivity index (χ2v) is 12.5. The zero-order valence-electron chi connectivity index (χ0n) is 24.7. The van der Waals surface area contributed by atoms with Crippen molar-refractivity contribution in [2.75, 3.05) is 12.1 Å². The molecule has 3 aromatic carbocycles. The molecule has 1 aliphatic heterocycles. The van der Waals surface area contributed by atoms with Gasteiger partial charge in [0.05, 0.1) is 16.2 Å². The molecule has 0 spiro atoms. The molecule has 4 aromatic rings. The molecule has 1 atom stereocenters. The van der Waals surface area contributed by atoms with E-state index in [4.69, 9.17) is 14.5 Å². The smallest absolute Gasteiger partial charge is 0.262 e. The highest BCUT2D eigenvalue weighted by molar-refractivity contribution is 8.00. The van der Waals surface area contributed by atoms with Crippen molar-refractivity contribution < 1.29 is 19.1 Å². The van der Waals surface area contributed by atoms with Crippen LogP contribution in [-0.4, -0.2) is 33.4 Å². The molecule has 9 nitrogen and oxygen atoms in total. The van der Waals surface area contributed by atoms with Crippen LogP contribution >= 0.6 is 11.8 Å². The van der Waals surface area contributed by atoms with Crippen LogP contribution in [0.1, 0.15) is 44.6 Å². The number of benzene rings is 3. The van der Waals surface area contributed by atoms with E-state index in [1.807, 2.05) is 55.5 Å². The molecule has 2 heterocycles. The molecule has 0 saturated heterocycles. The summed E-state index contributed by atoms with van der Waals surface area (Å²) in [6, 6.07) is 22.6. The summed E-state index contributed by atoms with van der Waals surface area (Å²) in [4.78, 5) is 44.9. The number of hydrogen-bond donors (Lipinski definition) is 2. The molecule has 0 bridgehead atoms. The van der Waals surface area contributed by atoms with E-state index < -0.39 is 5.25 Å². The third-order valence-corrected chi connectivity index (χ3v) is 9.70. The van der Waals surface area contributed by atoms with E-state index in [1.165, 1.54) is 11.8 Å². The lowest BCUT2D eigenvalue weighted by Crippen LogP contribution is -2.35. The van der Waals surface area contributed by atoms with Gasteiger partial charge in [-0.3, -0.25) is 19.0 Å². The van der Waals surface area contributed by atoms with Crippen LogP contribution in [-0.2, 0) is 22.7 Å². The first-order chi connectivity index (χ1) is 21.5. The molecular formula is C34H36N4O5S. The Labute approximate surface area is 260 Å². The Morgan fingerprint density at radius 1 is 0.977 bits per heavy atom. The molecule has 2 amide bonds. The van der Waals surface area contributed by atoms with E-state index in [0.29, 0.717) is 52.8 Å². The normalized spacial score (nSPS) is 18.1. The Bertz CT molecular complexity index is 1700. The first kappa shape index (κ1) is 29.7. The molecule has 1 saturated carbocycles. The van der Waals surface area contributed by atoms with Gasteiger partial charge < -0.3 is 20.1 Å². The minimum absolute atomic E-state index is 0.0281. The Morgan fingerprint density at radius 3 is 2.52 bits per heavy atom. The van der Waals surface area contributed by atoms with E-state index in [2.05, 4.69) is 10.6 Å². The van der Waals surface area contributed by atoms with Gasteiger partial charge in [0.1, 0.15) is 0 Å². The number of aromatic nitrogens is 2. The summed E-state index contributed by atoms with van der Waals surface area (Å²) in [6.45, 7) is 3.13.